The Kier molecular flexibility index (Phi) is 6.68. The van der Waals surface area contributed by atoms with Gasteiger partial charge in [-0.1, -0.05) is 37.3 Å². The van der Waals surface area contributed by atoms with Crippen LogP contribution in [-0.2, 0) is 14.8 Å². The number of amides is 1. The summed E-state index contributed by atoms with van der Waals surface area (Å²) in [5.74, 6) is -1.02. The Morgan fingerprint density at radius 1 is 0.933 bits per heavy atom. The Morgan fingerprint density at radius 3 is 2.20 bits per heavy atom. The maximum absolute atomic E-state index is 13.8. The zero-order valence-corrected chi connectivity index (χ0v) is 17.0. The van der Waals surface area contributed by atoms with E-state index in [-0.39, 0.29) is 10.6 Å². The molecule has 0 aliphatic rings. The van der Waals surface area contributed by atoms with Gasteiger partial charge in [-0.15, -0.1) is 0 Å². The summed E-state index contributed by atoms with van der Waals surface area (Å²) in [6, 6.07) is 20.1. The predicted octanol–water partition coefficient (Wildman–Crippen LogP) is 4.42. The largest absolute Gasteiger partial charge is 0.478 e. The number of hydrogen-bond acceptors (Lipinski definition) is 4. The lowest BCUT2D eigenvalue weighted by atomic mass is 10.2. The molecule has 0 aliphatic carbocycles. The summed E-state index contributed by atoms with van der Waals surface area (Å²) >= 11 is 0. The molecule has 0 spiro atoms. The van der Waals surface area contributed by atoms with Crippen LogP contribution in [0.1, 0.15) is 13.3 Å². The molecule has 0 aliphatic heterocycles. The number of sulfonamides is 1. The van der Waals surface area contributed by atoms with Crippen LogP contribution in [0.5, 0.6) is 5.75 Å². The zero-order valence-electron chi connectivity index (χ0n) is 16.2. The topological polar surface area (TPSA) is 84.5 Å². The minimum Gasteiger partial charge on any atom is -0.478 e. The van der Waals surface area contributed by atoms with Gasteiger partial charge in [-0.3, -0.25) is 9.52 Å². The Balaban J connectivity index is 1.67. The lowest BCUT2D eigenvalue weighted by Crippen LogP contribution is -2.32. The maximum atomic E-state index is 13.8. The second kappa shape index (κ2) is 9.41. The van der Waals surface area contributed by atoms with Crippen LogP contribution in [0.25, 0.3) is 0 Å². The first-order chi connectivity index (χ1) is 14.4. The number of nitrogens with one attached hydrogen (secondary N) is 2. The molecule has 8 heteroatoms. The molecule has 1 atom stereocenters. The lowest BCUT2D eigenvalue weighted by molar-refractivity contribution is -0.122. The smallest absolute Gasteiger partial charge is 0.265 e. The first-order valence-electron chi connectivity index (χ1n) is 9.29. The van der Waals surface area contributed by atoms with Gasteiger partial charge in [0.05, 0.1) is 4.90 Å². The quantitative estimate of drug-likeness (QED) is 0.556. The SMILES string of the molecule is CC[C@H](Oc1ccccc1F)C(=O)Nc1ccc(S(=O)(=O)Nc2ccccc2)cc1. The van der Waals surface area contributed by atoms with Crippen molar-refractivity contribution in [2.45, 2.75) is 24.3 Å². The van der Waals surface area contributed by atoms with Gasteiger partial charge in [0.15, 0.2) is 17.7 Å². The summed E-state index contributed by atoms with van der Waals surface area (Å²) in [4.78, 5) is 12.5. The van der Waals surface area contributed by atoms with Gasteiger partial charge in [0.2, 0.25) is 0 Å². The molecule has 0 unspecified atom stereocenters. The number of benzene rings is 3. The first kappa shape index (κ1) is 21.3. The molecular weight excluding hydrogens is 407 g/mol. The van der Waals surface area contributed by atoms with E-state index in [0.717, 1.165) is 0 Å². The number of rotatable bonds is 8. The molecule has 1 amide bonds. The molecule has 156 valence electrons. The highest BCUT2D eigenvalue weighted by atomic mass is 32.2. The lowest BCUT2D eigenvalue weighted by Gasteiger charge is -2.17. The van der Waals surface area contributed by atoms with E-state index >= 15 is 0 Å². The van der Waals surface area contributed by atoms with Crippen LogP contribution in [0, 0.1) is 5.82 Å². The van der Waals surface area contributed by atoms with Gasteiger partial charge >= 0.3 is 0 Å². The summed E-state index contributed by atoms with van der Waals surface area (Å²) in [6.07, 6.45) is -0.571. The van der Waals surface area contributed by atoms with Crippen LogP contribution in [0.4, 0.5) is 15.8 Å². The van der Waals surface area contributed by atoms with E-state index in [2.05, 4.69) is 10.0 Å². The van der Waals surface area contributed by atoms with Crippen LogP contribution < -0.4 is 14.8 Å². The molecule has 0 aromatic heterocycles. The highest BCUT2D eigenvalue weighted by Gasteiger charge is 2.20. The monoisotopic (exact) mass is 428 g/mol. The summed E-state index contributed by atoms with van der Waals surface area (Å²) in [5, 5.41) is 2.66. The molecule has 30 heavy (non-hydrogen) atoms. The normalized spacial score (nSPS) is 12.1. The summed E-state index contributed by atoms with van der Waals surface area (Å²) in [5.41, 5.74) is 0.847. The third-order valence-corrected chi connectivity index (χ3v) is 5.62. The summed E-state index contributed by atoms with van der Waals surface area (Å²) in [7, 11) is -3.75. The third kappa shape index (κ3) is 5.36. The Bertz CT molecular complexity index is 1100. The Hall–Kier alpha value is -3.39. The van der Waals surface area contributed by atoms with E-state index in [1.807, 2.05) is 0 Å². The van der Waals surface area contributed by atoms with Crippen LogP contribution in [0.2, 0.25) is 0 Å². The van der Waals surface area contributed by atoms with E-state index in [1.54, 1.807) is 43.3 Å². The maximum Gasteiger partial charge on any atom is 0.265 e. The summed E-state index contributed by atoms with van der Waals surface area (Å²) < 4.78 is 46.7. The van der Waals surface area contributed by atoms with Crippen LogP contribution >= 0.6 is 0 Å². The van der Waals surface area contributed by atoms with Crippen LogP contribution in [0.3, 0.4) is 0 Å². The second-order valence-electron chi connectivity index (χ2n) is 6.43. The number of ether oxygens (including phenoxy) is 1. The molecule has 0 saturated heterocycles. The average molecular weight is 428 g/mol. The van der Waals surface area contributed by atoms with E-state index in [1.165, 1.54) is 42.5 Å². The molecule has 2 N–H and O–H groups in total. The fraction of sp³-hybridized carbons (Fsp3) is 0.136. The predicted molar refractivity (Wildman–Crippen MR) is 113 cm³/mol. The van der Waals surface area contributed by atoms with Crippen molar-refractivity contribution in [3.05, 3.63) is 84.7 Å². The minimum atomic E-state index is -3.75. The van der Waals surface area contributed by atoms with Gasteiger partial charge in [-0.25, -0.2) is 12.8 Å². The Labute approximate surface area is 174 Å². The molecular formula is C22H21FN2O4S. The van der Waals surface area contributed by atoms with Gasteiger partial charge in [-0.05, 0) is 55.0 Å². The fourth-order valence-corrected chi connectivity index (χ4v) is 3.73. The van der Waals surface area contributed by atoms with E-state index < -0.39 is 27.9 Å². The molecule has 0 bridgehead atoms. The van der Waals surface area contributed by atoms with E-state index in [4.69, 9.17) is 4.74 Å². The number of halogens is 1. The number of carbonyl (C=O) groups is 1. The highest BCUT2D eigenvalue weighted by Crippen LogP contribution is 2.21. The van der Waals surface area contributed by atoms with Crippen molar-refractivity contribution in [1.82, 2.24) is 0 Å². The first-order valence-corrected chi connectivity index (χ1v) is 10.8. The number of anilines is 2. The highest BCUT2D eigenvalue weighted by molar-refractivity contribution is 7.92. The van der Waals surface area contributed by atoms with E-state index in [9.17, 15) is 17.6 Å². The van der Waals surface area contributed by atoms with Gasteiger partial charge in [0.25, 0.3) is 15.9 Å². The van der Waals surface area contributed by atoms with Crippen molar-refractivity contribution >= 4 is 27.3 Å². The van der Waals surface area contributed by atoms with Crippen molar-refractivity contribution in [1.29, 1.82) is 0 Å². The molecule has 6 nitrogen and oxygen atoms in total. The Morgan fingerprint density at radius 2 is 1.57 bits per heavy atom. The molecule has 3 rings (SSSR count). The van der Waals surface area contributed by atoms with Gasteiger partial charge in [0.1, 0.15) is 0 Å². The van der Waals surface area contributed by atoms with Crippen molar-refractivity contribution in [3.8, 4) is 5.75 Å². The molecule has 0 heterocycles. The molecule has 3 aromatic carbocycles. The van der Waals surface area contributed by atoms with Crippen LogP contribution in [0.15, 0.2) is 83.8 Å². The van der Waals surface area contributed by atoms with Crippen molar-refractivity contribution < 1.29 is 22.3 Å². The van der Waals surface area contributed by atoms with Crippen LogP contribution in [-0.4, -0.2) is 20.4 Å². The second-order valence-corrected chi connectivity index (χ2v) is 8.11. The summed E-state index contributed by atoms with van der Waals surface area (Å²) in [6.45, 7) is 1.75. The zero-order chi connectivity index (χ0) is 21.6. The molecule has 0 saturated carbocycles. The number of hydrogen-bond donors (Lipinski definition) is 2. The fourth-order valence-electron chi connectivity index (χ4n) is 2.68. The minimum absolute atomic E-state index is 0.00655. The van der Waals surface area contributed by atoms with Gasteiger partial charge in [0, 0.05) is 11.4 Å². The molecule has 0 fully saturated rings. The third-order valence-electron chi connectivity index (χ3n) is 4.23. The van der Waals surface area contributed by atoms with Crippen molar-refractivity contribution in [2.24, 2.45) is 0 Å². The standard InChI is InChI=1S/C22H21FN2O4S/c1-2-20(29-21-11-7-6-10-19(21)23)22(26)24-16-12-14-18(15-13-16)30(27,28)25-17-8-4-3-5-9-17/h3-15,20,25H,2H2,1H3,(H,24,26)/t20-/m0/s1. The molecule has 0 radical (unpaired) electrons. The van der Waals surface area contributed by atoms with Crippen molar-refractivity contribution in [3.63, 3.8) is 0 Å². The van der Waals surface area contributed by atoms with Gasteiger partial charge in [-0.2, -0.15) is 0 Å². The average Bonchev–Trinajstić information content (AvgIpc) is 2.74. The van der Waals surface area contributed by atoms with Crippen molar-refractivity contribution in [2.75, 3.05) is 10.0 Å². The van der Waals surface area contributed by atoms with Gasteiger partial charge < -0.3 is 10.1 Å². The van der Waals surface area contributed by atoms with E-state index in [0.29, 0.717) is 17.8 Å². The number of para-hydroxylation sites is 2. The number of carbonyl (C=O) groups excluding carboxylic acids is 1. The molecule has 3 aromatic rings.